The molecule has 1 aliphatic heterocycles. The Hall–Kier alpha value is -1.17. The average molecular weight is 245 g/mol. The summed E-state index contributed by atoms with van der Waals surface area (Å²) < 4.78 is 13.4. The molecule has 1 atom stereocenters. The van der Waals surface area contributed by atoms with Crippen LogP contribution in [-0.4, -0.2) is 24.2 Å². The minimum atomic E-state index is -0.703. The Bertz CT molecular complexity index is 439. The van der Waals surface area contributed by atoms with E-state index < -0.39 is 11.9 Å². The van der Waals surface area contributed by atoms with Gasteiger partial charge >= 0.3 is 0 Å². The van der Waals surface area contributed by atoms with E-state index in [9.17, 15) is 9.18 Å². The molecule has 3 N–H and O–H groups in total. The maximum atomic E-state index is 13.4. The molecule has 0 saturated carbocycles. The first kappa shape index (κ1) is 11.3. The molecule has 0 saturated heterocycles. The number of hydrogen-bond acceptors (Lipinski definition) is 3. The number of carbonyl (C=O) groups excluding carboxylic acids is 1. The van der Waals surface area contributed by atoms with Crippen LogP contribution < -0.4 is 10.6 Å². The first-order valence-corrected chi connectivity index (χ1v) is 5.16. The fraction of sp³-hybridized carbons (Fsp3) is 0.300. The largest absolute Gasteiger partial charge is 0.395 e. The highest BCUT2D eigenvalue weighted by molar-refractivity contribution is 6.32. The second-order valence-corrected chi connectivity index (χ2v) is 3.83. The zero-order chi connectivity index (χ0) is 11.7. The topological polar surface area (TPSA) is 61.4 Å². The number of hydrogen-bond donors (Lipinski definition) is 3. The van der Waals surface area contributed by atoms with Crippen molar-refractivity contribution in [3.63, 3.8) is 0 Å². The lowest BCUT2D eigenvalue weighted by molar-refractivity contribution is -0.117. The summed E-state index contributed by atoms with van der Waals surface area (Å²) in [6, 6.07) is 1.91. The highest BCUT2D eigenvalue weighted by Gasteiger charge is 2.34. The van der Waals surface area contributed by atoms with Crippen molar-refractivity contribution in [3.8, 4) is 0 Å². The monoisotopic (exact) mass is 244 g/mol. The zero-order valence-corrected chi connectivity index (χ0v) is 9.01. The Kier molecular flexibility index (Phi) is 3.09. The van der Waals surface area contributed by atoms with Crippen molar-refractivity contribution >= 4 is 23.2 Å². The van der Waals surface area contributed by atoms with Gasteiger partial charge < -0.3 is 10.4 Å². The zero-order valence-electron chi connectivity index (χ0n) is 8.26. The summed E-state index contributed by atoms with van der Waals surface area (Å²) in [6.07, 6.45) is 0. The average Bonchev–Trinajstić information content (AvgIpc) is 2.59. The molecule has 1 aromatic rings. The molecule has 4 nitrogen and oxygen atoms in total. The molecule has 16 heavy (non-hydrogen) atoms. The van der Waals surface area contributed by atoms with Crippen molar-refractivity contribution in [1.82, 2.24) is 5.32 Å². The first-order chi connectivity index (χ1) is 7.65. The Morgan fingerprint density at radius 3 is 3.00 bits per heavy atom. The third-order valence-corrected chi connectivity index (χ3v) is 2.73. The number of nitrogens with one attached hydrogen (secondary N) is 2. The van der Waals surface area contributed by atoms with Gasteiger partial charge in [0.2, 0.25) is 5.91 Å². The number of carbonyl (C=O) groups is 1. The van der Waals surface area contributed by atoms with Crippen LogP contribution >= 0.6 is 11.6 Å². The highest BCUT2D eigenvalue weighted by atomic mass is 35.5. The molecule has 0 radical (unpaired) electrons. The lowest BCUT2D eigenvalue weighted by Crippen LogP contribution is -2.29. The molecule has 1 amide bonds. The molecule has 1 aliphatic rings. The second-order valence-electron chi connectivity index (χ2n) is 3.42. The number of benzene rings is 1. The SMILES string of the molecule is O=C1Nc2c(F)ccc(Cl)c2C1NCCO. The molecular formula is C10H10ClFN2O2. The number of fused-ring (bicyclic) bond motifs is 1. The molecule has 1 unspecified atom stereocenters. The van der Waals surface area contributed by atoms with E-state index in [2.05, 4.69) is 10.6 Å². The summed E-state index contributed by atoms with van der Waals surface area (Å²) in [7, 11) is 0. The standard InChI is InChI=1S/C10H10ClFN2O2/c11-5-1-2-6(12)8-7(5)9(10(16)14-8)13-3-4-15/h1-2,9,13,15H,3-4H2,(H,14,16). The van der Waals surface area contributed by atoms with E-state index >= 15 is 0 Å². The van der Waals surface area contributed by atoms with Crippen LogP contribution in [0.25, 0.3) is 0 Å². The van der Waals surface area contributed by atoms with Gasteiger partial charge in [-0.1, -0.05) is 11.6 Å². The van der Waals surface area contributed by atoms with Gasteiger partial charge in [0.05, 0.1) is 12.3 Å². The van der Waals surface area contributed by atoms with Crippen molar-refractivity contribution in [2.24, 2.45) is 0 Å². The van der Waals surface area contributed by atoms with E-state index in [4.69, 9.17) is 16.7 Å². The number of anilines is 1. The summed E-state index contributed by atoms with van der Waals surface area (Å²) in [5, 5.41) is 14.2. The van der Waals surface area contributed by atoms with Gasteiger partial charge in [0.15, 0.2) is 0 Å². The van der Waals surface area contributed by atoms with Crippen LogP contribution in [0.15, 0.2) is 12.1 Å². The van der Waals surface area contributed by atoms with Crippen LogP contribution in [-0.2, 0) is 4.79 Å². The number of rotatable bonds is 3. The molecule has 0 spiro atoms. The summed E-state index contributed by atoms with van der Waals surface area (Å²) in [6.45, 7) is 0.135. The minimum absolute atomic E-state index is 0.105. The van der Waals surface area contributed by atoms with E-state index in [0.29, 0.717) is 10.6 Å². The number of halogens is 2. The normalized spacial score (nSPS) is 18.4. The van der Waals surface area contributed by atoms with Gasteiger partial charge in [0, 0.05) is 17.1 Å². The van der Waals surface area contributed by atoms with Gasteiger partial charge in [-0.2, -0.15) is 0 Å². The van der Waals surface area contributed by atoms with E-state index in [1.54, 1.807) is 0 Å². The van der Waals surface area contributed by atoms with Crippen LogP contribution in [0.4, 0.5) is 10.1 Å². The van der Waals surface area contributed by atoms with Gasteiger partial charge in [-0.05, 0) is 12.1 Å². The fourth-order valence-electron chi connectivity index (χ4n) is 1.71. The Labute approximate surface area is 96.4 Å². The maximum absolute atomic E-state index is 13.4. The second kappa shape index (κ2) is 4.37. The van der Waals surface area contributed by atoms with Gasteiger partial charge in [0.25, 0.3) is 0 Å². The molecule has 0 bridgehead atoms. The molecule has 0 aromatic heterocycles. The van der Waals surface area contributed by atoms with Crippen LogP contribution in [0.3, 0.4) is 0 Å². The number of amides is 1. The molecule has 1 aromatic carbocycles. The summed E-state index contributed by atoms with van der Waals surface area (Å²) in [5.41, 5.74) is 0.521. The highest BCUT2D eigenvalue weighted by Crippen LogP contribution is 2.37. The van der Waals surface area contributed by atoms with Crippen LogP contribution in [0, 0.1) is 5.82 Å². The lowest BCUT2D eigenvalue weighted by atomic mass is 10.1. The summed E-state index contributed by atoms with van der Waals surface area (Å²) in [5.74, 6) is -0.878. The van der Waals surface area contributed by atoms with E-state index in [0.717, 1.165) is 0 Å². The Morgan fingerprint density at radius 1 is 1.56 bits per heavy atom. The molecule has 0 fully saturated rings. The van der Waals surface area contributed by atoms with E-state index in [-0.39, 0.29) is 24.7 Å². The molecule has 1 heterocycles. The van der Waals surface area contributed by atoms with Gasteiger partial charge in [-0.25, -0.2) is 4.39 Å². The number of aliphatic hydroxyl groups excluding tert-OH is 1. The predicted molar refractivity (Wildman–Crippen MR) is 57.9 cm³/mol. The quantitative estimate of drug-likeness (QED) is 0.745. The first-order valence-electron chi connectivity index (χ1n) is 4.78. The van der Waals surface area contributed by atoms with Crippen LogP contribution in [0.1, 0.15) is 11.6 Å². The van der Waals surface area contributed by atoms with Gasteiger partial charge in [-0.3, -0.25) is 10.1 Å². The smallest absolute Gasteiger partial charge is 0.246 e. The lowest BCUT2D eigenvalue weighted by Gasteiger charge is -2.11. The fourth-order valence-corrected chi connectivity index (χ4v) is 1.97. The molecule has 6 heteroatoms. The Balaban J connectivity index is 2.39. The minimum Gasteiger partial charge on any atom is -0.395 e. The Morgan fingerprint density at radius 2 is 2.31 bits per heavy atom. The third-order valence-electron chi connectivity index (χ3n) is 2.40. The maximum Gasteiger partial charge on any atom is 0.246 e. The summed E-state index contributed by atoms with van der Waals surface area (Å²) >= 11 is 5.92. The van der Waals surface area contributed by atoms with Crippen molar-refractivity contribution in [2.75, 3.05) is 18.5 Å². The van der Waals surface area contributed by atoms with E-state index in [1.807, 2.05) is 0 Å². The summed E-state index contributed by atoms with van der Waals surface area (Å²) in [4.78, 5) is 11.6. The third kappa shape index (κ3) is 1.77. The van der Waals surface area contributed by atoms with Crippen LogP contribution in [0.2, 0.25) is 5.02 Å². The van der Waals surface area contributed by atoms with Gasteiger partial charge in [-0.15, -0.1) is 0 Å². The van der Waals surface area contributed by atoms with Crippen molar-refractivity contribution in [1.29, 1.82) is 0 Å². The van der Waals surface area contributed by atoms with Crippen molar-refractivity contribution in [3.05, 3.63) is 28.5 Å². The predicted octanol–water partition coefficient (Wildman–Crippen LogP) is 1.05. The molecule has 86 valence electrons. The van der Waals surface area contributed by atoms with Crippen molar-refractivity contribution in [2.45, 2.75) is 6.04 Å². The van der Waals surface area contributed by atoms with Crippen LogP contribution in [0.5, 0.6) is 0 Å². The number of aliphatic hydroxyl groups is 1. The van der Waals surface area contributed by atoms with E-state index in [1.165, 1.54) is 12.1 Å². The molecule has 2 rings (SSSR count). The molecular weight excluding hydrogens is 235 g/mol. The molecule has 0 aliphatic carbocycles. The van der Waals surface area contributed by atoms with Crippen molar-refractivity contribution < 1.29 is 14.3 Å². The van der Waals surface area contributed by atoms with Gasteiger partial charge in [0.1, 0.15) is 11.9 Å².